The fraction of sp³-hybridized carbons (Fsp3) is 0.300. The molecule has 0 fully saturated rings. The SMILES string of the molecule is CCOC(=O)c1nc(Br)c2cnc(C)cn12. The minimum atomic E-state index is -0.436. The number of carbonyl (C=O) groups excluding carboxylic acids is 1. The van der Waals surface area contributed by atoms with Crippen molar-refractivity contribution >= 4 is 27.4 Å². The first-order valence-electron chi connectivity index (χ1n) is 4.80. The molecule has 2 aromatic heterocycles. The summed E-state index contributed by atoms with van der Waals surface area (Å²) in [6, 6.07) is 0. The molecule has 0 aliphatic heterocycles. The number of imidazole rings is 1. The van der Waals surface area contributed by atoms with Crippen LogP contribution in [-0.4, -0.2) is 26.9 Å². The molecular weight excluding hydrogens is 274 g/mol. The van der Waals surface area contributed by atoms with Crippen LogP contribution in [0.15, 0.2) is 17.0 Å². The van der Waals surface area contributed by atoms with Crippen molar-refractivity contribution in [1.29, 1.82) is 0 Å². The number of aromatic nitrogens is 3. The highest BCUT2D eigenvalue weighted by molar-refractivity contribution is 9.10. The molecule has 16 heavy (non-hydrogen) atoms. The monoisotopic (exact) mass is 283 g/mol. The Balaban J connectivity index is 2.61. The molecule has 0 saturated carbocycles. The van der Waals surface area contributed by atoms with E-state index in [2.05, 4.69) is 25.9 Å². The summed E-state index contributed by atoms with van der Waals surface area (Å²) < 4.78 is 7.18. The fourth-order valence-corrected chi connectivity index (χ4v) is 1.85. The highest BCUT2D eigenvalue weighted by atomic mass is 79.9. The highest BCUT2D eigenvalue weighted by Crippen LogP contribution is 2.18. The first-order valence-corrected chi connectivity index (χ1v) is 5.60. The van der Waals surface area contributed by atoms with Gasteiger partial charge in [0.25, 0.3) is 0 Å². The van der Waals surface area contributed by atoms with E-state index in [0.29, 0.717) is 11.2 Å². The summed E-state index contributed by atoms with van der Waals surface area (Å²) in [5, 5.41) is 0. The first kappa shape index (κ1) is 11.1. The second-order valence-electron chi connectivity index (χ2n) is 3.23. The Morgan fingerprint density at radius 2 is 2.38 bits per heavy atom. The van der Waals surface area contributed by atoms with E-state index in [1.165, 1.54) is 0 Å². The van der Waals surface area contributed by atoms with E-state index in [-0.39, 0.29) is 5.82 Å². The molecular formula is C10H10BrN3O2. The Morgan fingerprint density at radius 1 is 1.62 bits per heavy atom. The van der Waals surface area contributed by atoms with Crippen LogP contribution in [0.25, 0.3) is 5.52 Å². The van der Waals surface area contributed by atoms with Crippen molar-refractivity contribution in [3.05, 3.63) is 28.5 Å². The van der Waals surface area contributed by atoms with Gasteiger partial charge in [0.15, 0.2) is 0 Å². The molecule has 5 nitrogen and oxygen atoms in total. The second-order valence-corrected chi connectivity index (χ2v) is 3.98. The lowest BCUT2D eigenvalue weighted by molar-refractivity contribution is 0.0511. The zero-order valence-electron chi connectivity index (χ0n) is 8.90. The number of rotatable bonds is 2. The van der Waals surface area contributed by atoms with E-state index in [1.807, 2.05) is 6.92 Å². The summed E-state index contributed by atoms with van der Waals surface area (Å²) in [7, 11) is 0. The molecule has 2 rings (SSSR count). The number of ether oxygens (including phenoxy) is 1. The van der Waals surface area contributed by atoms with Gasteiger partial charge in [-0.15, -0.1) is 0 Å². The van der Waals surface area contributed by atoms with Gasteiger partial charge in [0.2, 0.25) is 5.82 Å². The van der Waals surface area contributed by atoms with Crippen molar-refractivity contribution in [2.75, 3.05) is 6.61 Å². The summed E-state index contributed by atoms with van der Waals surface area (Å²) in [4.78, 5) is 19.9. The van der Waals surface area contributed by atoms with E-state index in [1.54, 1.807) is 23.7 Å². The van der Waals surface area contributed by atoms with Crippen LogP contribution < -0.4 is 0 Å². The fourth-order valence-electron chi connectivity index (χ4n) is 1.39. The van der Waals surface area contributed by atoms with Crippen molar-refractivity contribution in [2.24, 2.45) is 0 Å². The normalized spacial score (nSPS) is 10.7. The van der Waals surface area contributed by atoms with E-state index >= 15 is 0 Å². The minimum absolute atomic E-state index is 0.259. The molecule has 0 amide bonds. The molecule has 0 aliphatic carbocycles. The van der Waals surface area contributed by atoms with Gasteiger partial charge in [0, 0.05) is 6.20 Å². The third-order valence-corrected chi connectivity index (χ3v) is 2.65. The number of carbonyl (C=O) groups is 1. The van der Waals surface area contributed by atoms with Gasteiger partial charge in [-0.2, -0.15) is 0 Å². The number of hydrogen-bond acceptors (Lipinski definition) is 4. The van der Waals surface area contributed by atoms with Crippen molar-refractivity contribution in [3.8, 4) is 0 Å². The standard InChI is InChI=1S/C10H10BrN3O2/c1-3-16-10(15)9-13-8(11)7-4-12-6(2)5-14(7)9/h4-5H,3H2,1-2H3. The number of nitrogens with zero attached hydrogens (tertiary/aromatic N) is 3. The summed E-state index contributed by atoms with van der Waals surface area (Å²) in [6.45, 7) is 3.94. The van der Waals surface area contributed by atoms with Gasteiger partial charge in [0.1, 0.15) is 4.60 Å². The Bertz CT molecular complexity index is 550. The highest BCUT2D eigenvalue weighted by Gasteiger charge is 2.17. The minimum Gasteiger partial charge on any atom is -0.460 e. The topological polar surface area (TPSA) is 56.5 Å². The Hall–Kier alpha value is -1.43. The van der Waals surface area contributed by atoms with Crippen LogP contribution in [0.5, 0.6) is 0 Å². The molecule has 0 atom stereocenters. The number of esters is 1. The number of halogens is 1. The molecule has 6 heteroatoms. The van der Waals surface area contributed by atoms with Gasteiger partial charge in [-0.1, -0.05) is 0 Å². The van der Waals surface area contributed by atoms with E-state index in [0.717, 1.165) is 11.2 Å². The third kappa shape index (κ3) is 1.80. The van der Waals surface area contributed by atoms with Gasteiger partial charge in [-0.25, -0.2) is 9.78 Å². The van der Waals surface area contributed by atoms with E-state index < -0.39 is 5.97 Å². The molecule has 0 spiro atoms. The molecule has 0 aliphatic rings. The van der Waals surface area contributed by atoms with E-state index in [9.17, 15) is 4.79 Å². The van der Waals surface area contributed by atoms with Crippen LogP contribution >= 0.6 is 15.9 Å². The van der Waals surface area contributed by atoms with Crippen molar-refractivity contribution in [1.82, 2.24) is 14.4 Å². The zero-order chi connectivity index (χ0) is 11.7. The number of hydrogen-bond donors (Lipinski definition) is 0. The van der Waals surface area contributed by atoms with Gasteiger partial charge < -0.3 is 4.74 Å². The van der Waals surface area contributed by atoms with Crippen LogP contribution in [0.1, 0.15) is 23.2 Å². The van der Waals surface area contributed by atoms with Crippen LogP contribution in [-0.2, 0) is 4.74 Å². The van der Waals surface area contributed by atoms with Crippen LogP contribution in [0.3, 0.4) is 0 Å². The summed E-state index contributed by atoms with van der Waals surface area (Å²) in [5.41, 5.74) is 1.55. The molecule has 0 aromatic carbocycles. The number of aryl methyl sites for hydroxylation is 1. The quantitative estimate of drug-likeness (QED) is 0.791. The largest absolute Gasteiger partial charge is 0.460 e. The Labute approximate surface area is 101 Å². The van der Waals surface area contributed by atoms with Crippen molar-refractivity contribution in [3.63, 3.8) is 0 Å². The average Bonchev–Trinajstić information content (AvgIpc) is 2.56. The van der Waals surface area contributed by atoms with Crippen molar-refractivity contribution in [2.45, 2.75) is 13.8 Å². The maximum Gasteiger partial charge on any atom is 0.374 e. The summed E-state index contributed by atoms with van der Waals surface area (Å²) >= 11 is 3.28. The predicted octanol–water partition coefficient (Wildman–Crippen LogP) is 1.98. The van der Waals surface area contributed by atoms with Gasteiger partial charge in [-0.3, -0.25) is 9.38 Å². The Morgan fingerprint density at radius 3 is 3.06 bits per heavy atom. The van der Waals surface area contributed by atoms with Crippen LogP contribution in [0, 0.1) is 6.92 Å². The number of fused-ring (bicyclic) bond motifs is 1. The molecule has 84 valence electrons. The van der Waals surface area contributed by atoms with Gasteiger partial charge >= 0.3 is 5.97 Å². The average molecular weight is 284 g/mol. The molecule has 0 saturated heterocycles. The molecule has 2 heterocycles. The smallest absolute Gasteiger partial charge is 0.374 e. The van der Waals surface area contributed by atoms with Gasteiger partial charge in [0.05, 0.1) is 24.0 Å². The summed E-state index contributed by atoms with van der Waals surface area (Å²) in [6.07, 6.45) is 3.41. The summed E-state index contributed by atoms with van der Waals surface area (Å²) in [5.74, 6) is -0.178. The zero-order valence-corrected chi connectivity index (χ0v) is 10.5. The maximum absolute atomic E-state index is 11.6. The van der Waals surface area contributed by atoms with Crippen LogP contribution in [0.2, 0.25) is 0 Å². The van der Waals surface area contributed by atoms with Crippen LogP contribution in [0.4, 0.5) is 0 Å². The third-order valence-electron chi connectivity index (χ3n) is 2.07. The first-order chi connectivity index (χ1) is 7.63. The lowest BCUT2D eigenvalue weighted by Gasteiger charge is -2.01. The Kier molecular flexibility index (Phi) is 2.91. The second kappa shape index (κ2) is 4.21. The molecule has 0 radical (unpaired) electrons. The van der Waals surface area contributed by atoms with Crippen molar-refractivity contribution < 1.29 is 9.53 Å². The lowest BCUT2D eigenvalue weighted by atomic mass is 10.4. The predicted molar refractivity (Wildman–Crippen MR) is 61.4 cm³/mol. The molecule has 0 bridgehead atoms. The maximum atomic E-state index is 11.6. The molecule has 2 aromatic rings. The lowest BCUT2D eigenvalue weighted by Crippen LogP contribution is -2.09. The van der Waals surface area contributed by atoms with Gasteiger partial charge in [-0.05, 0) is 29.8 Å². The molecule has 0 N–H and O–H groups in total. The molecule has 0 unspecified atom stereocenters. The van der Waals surface area contributed by atoms with E-state index in [4.69, 9.17) is 4.74 Å².